The fourth-order valence-corrected chi connectivity index (χ4v) is 6.80. The molecule has 136 valence electrons. The van der Waals surface area contributed by atoms with Gasteiger partial charge in [0.2, 0.25) is 5.91 Å². The SMILES string of the molecule is Cc1cccc(N2C(=O)CN(C3CCCCC3)[C@H]3CS(=O)(=O)C[C@H]32)c1. The van der Waals surface area contributed by atoms with Gasteiger partial charge in [-0.05, 0) is 37.5 Å². The highest BCUT2D eigenvalue weighted by molar-refractivity contribution is 7.91. The molecule has 0 aromatic heterocycles. The van der Waals surface area contributed by atoms with Crippen LogP contribution in [0.3, 0.4) is 0 Å². The molecule has 1 aromatic rings. The van der Waals surface area contributed by atoms with Crippen molar-refractivity contribution in [2.45, 2.75) is 57.2 Å². The van der Waals surface area contributed by atoms with Crippen molar-refractivity contribution in [1.82, 2.24) is 4.90 Å². The number of rotatable bonds is 2. The molecule has 1 saturated carbocycles. The van der Waals surface area contributed by atoms with Crippen LogP contribution in [0.4, 0.5) is 5.69 Å². The van der Waals surface area contributed by atoms with Gasteiger partial charge in [-0.1, -0.05) is 31.4 Å². The molecule has 5 nitrogen and oxygen atoms in total. The van der Waals surface area contributed by atoms with Gasteiger partial charge in [0.05, 0.1) is 24.1 Å². The maximum Gasteiger partial charge on any atom is 0.241 e. The molecular formula is C19H26N2O3S. The number of piperazine rings is 1. The molecule has 1 aromatic carbocycles. The molecular weight excluding hydrogens is 336 g/mol. The van der Waals surface area contributed by atoms with E-state index in [2.05, 4.69) is 4.90 Å². The standard InChI is InChI=1S/C19H26N2O3S/c1-14-6-5-9-16(10-14)21-18-13-25(23,24)12-17(18)20(11-19(21)22)15-7-3-2-4-8-15/h5-6,9-10,15,17-18H,2-4,7-8,11-13H2,1H3/t17-,18+/m0/s1. The van der Waals surface area contributed by atoms with E-state index in [4.69, 9.17) is 0 Å². The van der Waals surface area contributed by atoms with Crippen molar-refractivity contribution in [3.8, 4) is 0 Å². The molecule has 0 bridgehead atoms. The van der Waals surface area contributed by atoms with Crippen molar-refractivity contribution < 1.29 is 13.2 Å². The zero-order valence-corrected chi connectivity index (χ0v) is 15.5. The van der Waals surface area contributed by atoms with Crippen molar-refractivity contribution in [1.29, 1.82) is 0 Å². The van der Waals surface area contributed by atoms with Gasteiger partial charge in [0, 0.05) is 17.8 Å². The first kappa shape index (κ1) is 17.0. The van der Waals surface area contributed by atoms with Gasteiger partial charge in [-0.3, -0.25) is 9.69 Å². The Bertz CT molecular complexity index is 771. The third-order valence-corrected chi connectivity index (χ3v) is 7.66. The Morgan fingerprint density at radius 2 is 1.76 bits per heavy atom. The highest BCUT2D eigenvalue weighted by Crippen LogP contribution is 2.35. The first-order chi connectivity index (χ1) is 11.9. The second-order valence-electron chi connectivity index (χ2n) is 7.78. The van der Waals surface area contributed by atoms with Gasteiger partial charge in [0.25, 0.3) is 0 Å². The van der Waals surface area contributed by atoms with E-state index in [-0.39, 0.29) is 29.5 Å². The molecule has 6 heteroatoms. The molecule has 25 heavy (non-hydrogen) atoms. The van der Waals surface area contributed by atoms with Gasteiger partial charge in [0.1, 0.15) is 0 Å². The third kappa shape index (κ3) is 3.22. The predicted octanol–water partition coefficient (Wildman–Crippen LogP) is 2.14. The number of hydrogen-bond acceptors (Lipinski definition) is 4. The van der Waals surface area contributed by atoms with Crippen LogP contribution in [0, 0.1) is 6.92 Å². The summed E-state index contributed by atoms with van der Waals surface area (Å²) >= 11 is 0. The monoisotopic (exact) mass is 362 g/mol. The number of hydrogen-bond donors (Lipinski definition) is 0. The lowest BCUT2D eigenvalue weighted by Gasteiger charge is -2.47. The van der Waals surface area contributed by atoms with Crippen LogP contribution in [-0.4, -0.2) is 55.4 Å². The number of anilines is 1. The van der Waals surface area contributed by atoms with Gasteiger partial charge in [-0.25, -0.2) is 8.42 Å². The fraction of sp³-hybridized carbons (Fsp3) is 0.632. The lowest BCUT2D eigenvalue weighted by molar-refractivity contribution is -0.124. The van der Waals surface area contributed by atoms with E-state index in [1.54, 1.807) is 4.90 Å². The van der Waals surface area contributed by atoms with Crippen LogP contribution < -0.4 is 4.90 Å². The summed E-state index contributed by atoms with van der Waals surface area (Å²) < 4.78 is 24.8. The molecule has 2 saturated heterocycles. The molecule has 2 aliphatic heterocycles. The maximum absolute atomic E-state index is 13.0. The molecule has 1 aliphatic carbocycles. The lowest BCUT2D eigenvalue weighted by atomic mass is 9.91. The quantitative estimate of drug-likeness (QED) is 0.809. The first-order valence-corrected chi connectivity index (χ1v) is 11.1. The molecule has 0 radical (unpaired) electrons. The second-order valence-corrected chi connectivity index (χ2v) is 9.93. The van der Waals surface area contributed by atoms with Crippen LogP contribution in [0.2, 0.25) is 0 Å². The summed E-state index contributed by atoms with van der Waals surface area (Å²) in [7, 11) is -3.11. The maximum atomic E-state index is 13.0. The van der Waals surface area contributed by atoms with Crippen LogP contribution in [0.1, 0.15) is 37.7 Å². The van der Waals surface area contributed by atoms with E-state index in [0.717, 1.165) is 24.1 Å². The molecule has 0 spiro atoms. The van der Waals surface area contributed by atoms with Crippen molar-refractivity contribution in [2.24, 2.45) is 0 Å². The molecule has 3 fully saturated rings. The normalized spacial score (nSPS) is 30.4. The van der Waals surface area contributed by atoms with Crippen molar-refractivity contribution >= 4 is 21.4 Å². The largest absolute Gasteiger partial charge is 0.306 e. The van der Waals surface area contributed by atoms with Gasteiger partial charge < -0.3 is 4.90 Å². The van der Waals surface area contributed by atoms with Crippen molar-refractivity contribution in [2.75, 3.05) is 23.0 Å². The average molecular weight is 362 g/mol. The van der Waals surface area contributed by atoms with Gasteiger partial charge in [-0.15, -0.1) is 0 Å². The summed E-state index contributed by atoms with van der Waals surface area (Å²) in [6.45, 7) is 2.34. The van der Waals surface area contributed by atoms with E-state index in [9.17, 15) is 13.2 Å². The molecule has 0 N–H and O–H groups in total. The minimum absolute atomic E-state index is 0.0366. The van der Waals surface area contributed by atoms with E-state index < -0.39 is 9.84 Å². The van der Waals surface area contributed by atoms with Gasteiger partial charge in [-0.2, -0.15) is 0 Å². The highest BCUT2D eigenvalue weighted by atomic mass is 32.2. The average Bonchev–Trinajstić information content (AvgIpc) is 2.89. The van der Waals surface area contributed by atoms with Crippen LogP contribution in [0.15, 0.2) is 24.3 Å². The minimum atomic E-state index is -3.11. The fourth-order valence-electron chi connectivity index (χ4n) is 4.83. The first-order valence-electron chi connectivity index (χ1n) is 9.29. The zero-order chi connectivity index (χ0) is 17.6. The predicted molar refractivity (Wildman–Crippen MR) is 98.5 cm³/mol. The number of amides is 1. The van der Waals surface area contributed by atoms with Gasteiger partial charge >= 0.3 is 0 Å². The molecule has 3 aliphatic rings. The number of aryl methyl sites for hydroxylation is 1. The van der Waals surface area contributed by atoms with E-state index in [1.807, 2.05) is 31.2 Å². The van der Waals surface area contributed by atoms with E-state index in [0.29, 0.717) is 12.6 Å². The summed E-state index contributed by atoms with van der Waals surface area (Å²) in [5, 5.41) is 0. The van der Waals surface area contributed by atoms with Crippen LogP contribution >= 0.6 is 0 Å². The molecule has 2 heterocycles. The Balaban J connectivity index is 1.69. The molecule has 0 unspecified atom stereocenters. The van der Waals surface area contributed by atoms with Gasteiger partial charge in [0.15, 0.2) is 9.84 Å². The van der Waals surface area contributed by atoms with Crippen LogP contribution in [-0.2, 0) is 14.6 Å². The number of nitrogens with zero attached hydrogens (tertiary/aromatic N) is 2. The third-order valence-electron chi connectivity index (χ3n) is 5.96. The highest BCUT2D eigenvalue weighted by Gasteiger charge is 2.51. The Morgan fingerprint density at radius 1 is 1.04 bits per heavy atom. The zero-order valence-electron chi connectivity index (χ0n) is 14.7. The number of benzene rings is 1. The topological polar surface area (TPSA) is 57.7 Å². The number of fused-ring (bicyclic) bond motifs is 1. The second kappa shape index (κ2) is 6.40. The number of carbonyl (C=O) groups excluding carboxylic acids is 1. The van der Waals surface area contributed by atoms with Crippen LogP contribution in [0.25, 0.3) is 0 Å². The Hall–Kier alpha value is -1.40. The lowest BCUT2D eigenvalue weighted by Crippen LogP contribution is -2.64. The Kier molecular flexibility index (Phi) is 4.36. The van der Waals surface area contributed by atoms with E-state index in [1.165, 1.54) is 19.3 Å². The Labute approximate surface area is 149 Å². The Morgan fingerprint density at radius 3 is 2.48 bits per heavy atom. The number of carbonyl (C=O) groups is 1. The van der Waals surface area contributed by atoms with Crippen LogP contribution in [0.5, 0.6) is 0 Å². The summed E-state index contributed by atoms with van der Waals surface area (Å²) in [6, 6.07) is 7.87. The molecule has 1 amide bonds. The van der Waals surface area contributed by atoms with E-state index >= 15 is 0 Å². The minimum Gasteiger partial charge on any atom is -0.306 e. The summed E-state index contributed by atoms with van der Waals surface area (Å²) in [6.07, 6.45) is 5.78. The van der Waals surface area contributed by atoms with Crippen molar-refractivity contribution in [3.63, 3.8) is 0 Å². The summed E-state index contributed by atoms with van der Waals surface area (Å²) in [5.74, 6) is 0.305. The van der Waals surface area contributed by atoms with Crippen molar-refractivity contribution in [3.05, 3.63) is 29.8 Å². The smallest absolute Gasteiger partial charge is 0.241 e. The molecule has 2 atom stereocenters. The molecule has 4 rings (SSSR count). The number of sulfone groups is 1. The summed E-state index contributed by atoms with van der Waals surface area (Å²) in [4.78, 5) is 17.0. The summed E-state index contributed by atoms with van der Waals surface area (Å²) in [5.41, 5.74) is 1.91.